The molecule has 0 spiro atoms. The molecule has 2 saturated heterocycles. The van der Waals surface area contributed by atoms with Crippen molar-refractivity contribution in [2.45, 2.75) is 51.0 Å². The number of hydrogen-bond donors (Lipinski definition) is 1. The smallest absolute Gasteiger partial charge is 0.314 e. The SMILES string of the molecule is CC(C)N1CCC(N2CCNCC2C(F)(F)F)CC1. The number of piperazine rings is 1. The summed E-state index contributed by atoms with van der Waals surface area (Å²) in [5.74, 6) is 0. The third-order valence-corrected chi connectivity index (χ3v) is 4.36. The summed E-state index contributed by atoms with van der Waals surface area (Å²) >= 11 is 0. The van der Waals surface area contributed by atoms with Crippen molar-refractivity contribution in [2.24, 2.45) is 0 Å². The zero-order chi connectivity index (χ0) is 14.0. The lowest BCUT2D eigenvalue weighted by Gasteiger charge is -2.45. The standard InChI is InChI=1S/C13H24F3N3/c1-10(2)18-6-3-11(4-7-18)19-8-5-17-9-12(19)13(14,15)16/h10-12,17H,3-9H2,1-2H3. The van der Waals surface area contributed by atoms with Crippen LogP contribution in [0.3, 0.4) is 0 Å². The Morgan fingerprint density at radius 1 is 1.11 bits per heavy atom. The number of hydrogen-bond acceptors (Lipinski definition) is 3. The summed E-state index contributed by atoms with van der Waals surface area (Å²) in [4.78, 5) is 4.04. The first-order chi connectivity index (χ1) is 8.89. The highest BCUT2D eigenvalue weighted by molar-refractivity contribution is 4.91. The maximum atomic E-state index is 13.1. The topological polar surface area (TPSA) is 18.5 Å². The van der Waals surface area contributed by atoms with Gasteiger partial charge in [0.25, 0.3) is 0 Å². The van der Waals surface area contributed by atoms with Gasteiger partial charge in [0.2, 0.25) is 0 Å². The molecular weight excluding hydrogens is 255 g/mol. The average Bonchev–Trinajstić information content (AvgIpc) is 2.38. The highest BCUT2D eigenvalue weighted by atomic mass is 19.4. The van der Waals surface area contributed by atoms with Crippen LogP contribution in [0.15, 0.2) is 0 Å². The Bertz CT molecular complexity index is 285. The van der Waals surface area contributed by atoms with E-state index >= 15 is 0 Å². The first-order valence-corrected chi connectivity index (χ1v) is 7.17. The van der Waals surface area contributed by atoms with Crippen LogP contribution >= 0.6 is 0 Å². The summed E-state index contributed by atoms with van der Waals surface area (Å²) in [6.45, 7) is 7.32. The summed E-state index contributed by atoms with van der Waals surface area (Å²) in [7, 11) is 0. The fourth-order valence-corrected chi connectivity index (χ4v) is 3.19. The lowest BCUT2D eigenvalue weighted by Crippen LogP contribution is -2.62. The van der Waals surface area contributed by atoms with Crippen LogP contribution in [0.5, 0.6) is 0 Å². The molecule has 2 aliphatic heterocycles. The van der Waals surface area contributed by atoms with Gasteiger partial charge in [-0.05, 0) is 39.8 Å². The summed E-state index contributed by atoms with van der Waals surface area (Å²) < 4.78 is 39.2. The van der Waals surface area contributed by atoms with Crippen molar-refractivity contribution in [3.63, 3.8) is 0 Å². The number of rotatable bonds is 2. The molecule has 1 N–H and O–H groups in total. The largest absolute Gasteiger partial charge is 0.405 e. The second-order valence-corrected chi connectivity index (χ2v) is 5.86. The van der Waals surface area contributed by atoms with Gasteiger partial charge in [0.1, 0.15) is 6.04 Å². The van der Waals surface area contributed by atoms with Crippen molar-refractivity contribution < 1.29 is 13.2 Å². The number of alkyl halides is 3. The maximum absolute atomic E-state index is 13.1. The van der Waals surface area contributed by atoms with E-state index in [9.17, 15) is 13.2 Å². The minimum atomic E-state index is -4.12. The molecule has 1 atom stereocenters. The van der Waals surface area contributed by atoms with Gasteiger partial charge >= 0.3 is 6.18 Å². The summed E-state index contributed by atoms with van der Waals surface area (Å²) in [6, 6.07) is -0.733. The molecule has 0 radical (unpaired) electrons. The number of nitrogens with one attached hydrogen (secondary N) is 1. The van der Waals surface area contributed by atoms with E-state index < -0.39 is 12.2 Å². The van der Waals surface area contributed by atoms with Gasteiger partial charge in [0, 0.05) is 31.7 Å². The van der Waals surface area contributed by atoms with Crippen LogP contribution in [0.25, 0.3) is 0 Å². The summed E-state index contributed by atoms with van der Waals surface area (Å²) in [5.41, 5.74) is 0. The van der Waals surface area contributed by atoms with Gasteiger partial charge in [-0.25, -0.2) is 0 Å². The van der Waals surface area contributed by atoms with Crippen molar-refractivity contribution in [2.75, 3.05) is 32.7 Å². The van der Waals surface area contributed by atoms with Gasteiger partial charge in [-0.1, -0.05) is 0 Å². The molecule has 3 nitrogen and oxygen atoms in total. The zero-order valence-electron chi connectivity index (χ0n) is 11.7. The highest BCUT2D eigenvalue weighted by Gasteiger charge is 2.46. The Kier molecular flexibility index (Phi) is 4.74. The molecule has 112 valence electrons. The van der Waals surface area contributed by atoms with Gasteiger partial charge in [0.05, 0.1) is 0 Å². The van der Waals surface area contributed by atoms with E-state index in [0.717, 1.165) is 25.9 Å². The molecule has 0 aliphatic carbocycles. The van der Waals surface area contributed by atoms with Crippen LogP contribution in [0.1, 0.15) is 26.7 Å². The monoisotopic (exact) mass is 279 g/mol. The molecule has 2 rings (SSSR count). The number of likely N-dealkylation sites (tertiary alicyclic amines) is 1. The second kappa shape index (κ2) is 5.97. The average molecular weight is 279 g/mol. The van der Waals surface area contributed by atoms with Gasteiger partial charge in [-0.2, -0.15) is 13.2 Å². The molecule has 0 aromatic rings. The van der Waals surface area contributed by atoms with Crippen LogP contribution in [-0.4, -0.2) is 66.8 Å². The lowest BCUT2D eigenvalue weighted by atomic mass is 9.98. The third-order valence-electron chi connectivity index (χ3n) is 4.36. The Balaban J connectivity index is 1.96. The normalized spacial score (nSPS) is 29.1. The molecular formula is C13H24F3N3. The molecule has 1 unspecified atom stereocenters. The zero-order valence-corrected chi connectivity index (χ0v) is 11.7. The molecule has 2 heterocycles. The van der Waals surface area contributed by atoms with E-state index in [1.54, 1.807) is 4.90 Å². The fourth-order valence-electron chi connectivity index (χ4n) is 3.19. The van der Waals surface area contributed by atoms with Crippen LogP contribution < -0.4 is 5.32 Å². The van der Waals surface area contributed by atoms with E-state index in [1.165, 1.54) is 0 Å². The first-order valence-electron chi connectivity index (χ1n) is 7.17. The van der Waals surface area contributed by atoms with Gasteiger partial charge in [-0.15, -0.1) is 0 Å². The van der Waals surface area contributed by atoms with Crippen molar-refractivity contribution in [3.8, 4) is 0 Å². The van der Waals surface area contributed by atoms with Gasteiger partial charge < -0.3 is 10.2 Å². The molecule has 6 heteroatoms. The number of piperidine rings is 1. The predicted molar refractivity (Wildman–Crippen MR) is 69.1 cm³/mol. The van der Waals surface area contributed by atoms with Gasteiger partial charge in [-0.3, -0.25) is 4.90 Å². The molecule has 0 amide bonds. The van der Waals surface area contributed by atoms with Crippen molar-refractivity contribution >= 4 is 0 Å². The minimum absolute atomic E-state index is 0.0356. The first kappa shape index (κ1) is 15.1. The second-order valence-electron chi connectivity index (χ2n) is 5.86. The van der Waals surface area contributed by atoms with Crippen LogP contribution in [0.2, 0.25) is 0 Å². The van der Waals surface area contributed by atoms with E-state index in [1.807, 2.05) is 0 Å². The van der Waals surface area contributed by atoms with Crippen LogP contribution in [0, 0.1) is 0 Å². The fraction of sp³-hybridized carbons (Fsp3) is 1.00. The van der Waals surface area contributed by atoms with E-state index in [2.05, 4.69) is 24.1 Å². The third kappa shape index (κ3) is 3.61. The van der Waals surface area contributed by atoms with Crippen molar-refractivity contribution in [1.29, 1.82) is 0 Å². The van der Waals surface area contributed by atoms with Gasteiger partial charge in [0.15, 0.2) is 0 Å². The molecule has 2 aliphatic rings. The number of halogens is 3. The molecule has 2 fully saturated rings. The van der Waals surface area contributed by atoms with Crippen LogP contribution in [0.4, 0.5) is 13.2 Å². The van der Waals surface area contributed by atoms with E-state index in [4.69, 9.17) is 0 Å². The van der Waals surface area contributed by atoms with Crippen molar-refractivity contribution in [3.05, 3.63) is 0 Å². The lowest BCUT2D eigenvalue weighted by molar-refractivity contribution is -0.195. The minimum Gasteiger partial charge on any atom is -0.314 e. The summed E-state index contributed by atoms with van der Waals surface area (Å²) in [6.07, 6.45) is -2.42. The van der Waals surface area contributed by atoms with E-state index in [-0.39, 0.29) is 12.6 Å². The maximum Gasteiger partial charge on any atom is 0.405 e. The van der Waals surface area contributed by atoms with Crippen LogP contribution in [-0.2, 0) is 0 Å². The molecule has 0 bridgehead atoms. The number of nitrogens with zero attached hydrogens (tertiary/aromatic N) is 2. The Hall–Kier alpha value is -0.330. The predicted octanol–water partition coefficient (Wildman–Crippen LogP) is 1.70. The van der Waals surface area contributed by atoms with E-state index in [0.29, 0.717) is 19.1 Å². The molecule has 0 saturated carbocycles. The quantitative estimate of drug-likeness (QED) is 0.830. The highest BCUT2D eigenvalue weighted by Crippen LogP contribution is 2.30. The Labute approximate surface area is 113 Å². The molecule has 19 heavy (non-hydrogen) atoms. The summed E-state index contributed by atoms with van der Waals surface area (Å²) in [5, 5.41) is 2.87. The molecule has 0 aromatic carbocycles. The Morgan fingerprint density at radius 2 is 1.74 bits per heavy atom. The Morgan fingerprint density at radius 3 is 2.26 bits per heavy atom. The molecule has 0 aromatic heterocycles. The van der Waals surface area contributed by atoms with Crippen molar-refractivity contribution in [1.82, 2.24) is 15.1 Å².